The summed E-state index contributed by atoms with van der Waals surface area (Å²) < 4.78 is 13.2. The van der Waals surface area contributed by atoms with Crippen molar-refractivity contribution in [1.82, 2.24) is 0 Å². The van der Waals surface area contributed by atoms with Crippen LogP contribution in [0.4, 0.5) is 34.1 Å². The molecule has 0 unspecified atom stereocenters. The fraction of sp³-hybridized carbons (Fsp3) is 0.0345. The molecule has 4 heteroatoms. The van der Waals surface area contributed by atoms with E-state index in [4.69, 9.17) is 8.83 Å². The summed E-state index contributed by atoms with van der Waals surface area (Å²) in [6.07, 6.45) is 0. The fourth-order valence-electron chi connectivity index (χ4n) is 10.8. The van der Waals surface area contributed by atoms with Crippen LogP contribution in [-0.2, 0) is 0 Å². The molecular formula is C58H36N2O2. The first-order valence-electron chi connectivity index (χ1n) is 21.3. The van der Waals surface area contributed by atoms with Crippen molar-refractivity contribution < 1.29 is 8.83 Å². The van der Waals surface area contributed by atoms with Gasteiger partial charge in [0.05, 0.1) is 22.7 Å². The first-order chi connectivity index (χ1) is 30.6. The Morgan fingerprint density at radius 2 is 0.694 bits per heavy atom. The number of anilines is 6. The molecule has 0 spiro atoms. The molecule has 0 N–H and O–H groups in total. The summed E-state index contributed by atoms with van der Waals surface area (Å²) in [6.45, 7) is 4.51. The van der Waals surface area contributed by atoms with Gasteiger partial charge < -0.3 is 18.6 Å². The molecule has 0 radical (unpaired) electrons. The number of furan rings is 2. The van der Waals surface area contributed by atoms with Crippen molar-refractivity contribution in [2.45, 2.75) is 13.8 Å². The molecule has 14 rings (SSSR count). The Morgan fingerprint density at radius 1 is 0.290 bits per heavy atom. The van der Waals surface area contributed by atoms with Crippen LogP contribution < -0.4 is 9.80 Å². The first kappa shape index (κ1) is 33.7. The molecule has 14 aromatic rings. The maximum absolute atomic E-state index is 6.62. The van der Waals surface area contributed by atoms with Crippen LogP contribution in [0.5, 0.6) is 0 Å². The second-order valence-corrected chi connectivity index (χ2v) is 17.0. The van der Waals surface area contributed by atoms with Crippen molar-refractivity contribution in [1.29, 1.82) is 0 Å². The summed E-state index contributed by atoms with van der Waals surface area (Å²) in [6, 6.07) is 66.2. The summed E-state index contributed by atoms with van der Waals surface area (Å²) in [7, 11) is 0. The average molecular weight is 793 g/mol. The van der Waals surface area contributed by atoms with Crippen LogP contribution in [0, 0.1) is 13.8 Å². The third-order valence-electron chi connectivity index (χ3n) is 13.5. The Balaban J connectivity index is 1.04. The number of hydrogen-bond acceptors (Lipinski definition) is 4. The predicted molar refractivity (Wildman–Crippen MR) is 261 cm³/mol. The van der Waals surface area contributed by atoms with Crippen LogP contribution in [0.25, 0.3) is 97.7 Å². The predicted octanol–water partition coefficient (Wildman–Crippen LogP) is 17.1. The van der Waals surface area contributed by atoms with Crippen LogP contribution in [0.2, 0.25) is 0 Å². The van der Waals surface area contributed by atoms with Gasteiger partial charge in [-0.3, -0.25) is 0 Å². The van der Waals surface area contributed by atoms with E-state index in [-0.39, 0.29) is 0 Å². The molecule has 0 atom stereocenters. The molecule has 12 aromatic carbocycles. The van der Waals surface area contributed by atoms with Gasteiger partial charge >= 0.3 is 0 Å². The molecular weight excluding hydrogens is 757 g/mol. The van der Waals surface area contributed by atoms with Crippen molar-refractivity contribution in [3.63, 3.8) is 0 Å². The zero-order valence-electron chi connectivity index (χ0n) is 34.0. The second kappa shape index (κ2) is 12.2. The minimum absolute atomic E-state index is 0.895. The smallest absolute Gasteiger partial charge is 0.138 e. The highest BCUT2D eigenvalue weighted by Crippen LogP contribution is 2.51. The van der Waals surface area contributed by atoms with Gasteiger partial charge in [0.25, 0.3) is 0 Å². The van der Waals surface area contributed by atoms with Gasteiger partial charge in [0.1, 0.15) is 22.3 Å². The maximum atomic E-state index is 6.62. The highest BCUT2D eigenvalue weighted by molar-refractivity contribution is 6.30. The van der Waals surface area contributed by atoms with Crippen LogP contribution in [0.15, 0.2) is 191 Å². The number of nitrogens with zero attached hydrogens (tertiary/aromatic N) is 2. The molecule has 0 amide bonds. The molecule has 0 saturated heterocycles. The van der Waals surface area contributed by atoms with E-state index in [2.05, 4.69) is 206 Å². The Morgan fingerprint density at radius 3 is 1.15 bits per heavy atom. The van der Waals surface area contributed by atoms with Crippen LogP contribution in [-0.4, -0.2) is 0 Å². The lowest BCUT2D eigenvalue weighted by Crippen LogP contribution is -2.12. The number of rotatable bonds is 6. The normalized spacial score (nSPS) is 12.4. The van der Waals surface area contributed by atoms with Gasteiger partial charge in [-0.25, -0.2) is 0 Å². The lowest BCUT2D eigenvalue weighted by molar-refractivity contribution is 0.669. The van der Waals surface area contributed by atoms with E-state index in [0.29, 0.717) is 0 Å². The molecule has 0 fully saturated rings. The average Bonchev–Trinajstić information content (AvgIpc) is 3.89. The van der Waals surface area contributed by atoms with Gasteiger partial charge in [-0.1, -0.05) is 109 Å². The Hall–Kier alpha value is -8.08. The van der Waals surface area contributed by atoms with Crippen LogP contribution in [0.3, 0.4) is 0 Å². The third kappa shape index (κ3) is 4.55. The summed E-state index contributed by atoms with van der Waals surface area (Å²) >= 11 is 0. The molecule has 0 aliphatic rings. The van der Waals surface area contributed by atoms with E-state index >= 15 is 0 Å². The molecule has 4 nitrogen and oxygen atoms in total. The van der Waals surface area contributed by atoms with E-state index in [1.807, 2.05) is 0 Å². The van der Waals surface area contributed by atoms with Crippen molar-refractivity contribution in [2.75, 3.05) is 9.80 Å². The van der Waals surface area contributed by atoms with Gasteiger partial charge in [-0.05, 0) is 129 Å². The Kier molecular flexibility index (Phi) is 6.66. The van der Waals surface area contributed by atoms with Crippen molar-refractivity contribution >= 4 is 132 Å². The molecule has 0 aliphatic carbocycles. The van der Waals surface area contributed by atoms with E-state index in [1.54, 1.807) is 0 Å². The van der Waals surface area contributed by atoms with Crippen LogP contribution >= 0.6 is 0 Å². The molecule has 0 saturated carbocycles. The second-order valence-electron chi connectivity index (χ2n) is 17.0. The molecule has 0 aliphatic heterocycles. The zero-order chi connectivity index (χ0) is 40.8. The largest absolute Gasteiger partial charge is 0.456 e. The number of benzene rings is 12. The van der Waals surface area contributed by atoms with Crippen molar-refractivity contribution in [2.24, 2.45) is 0 Å². The van der Waals surface area contributed by atoms with Crippen molar-refractivity contribution in [3.8, 4) is 0 Å². The highest BCUT2D eigenvalue weighted by atomic mass is 16.3. The molecule has 62 heavy (non-hydrogen) atoms. The first-order valence-corrected chi connectivity index (χ1v) is 21.3. The number of hydrogen-bond donors (Lipinski definition) is 0. The quantitative estimate of drug-likeness (QED) is 0.157. The number of aryl methyl sites for hydroxylation is 2. The van der Waals surface area contributed by atoms with Gasteiger partial charge in [-0.2, -0.15) is 0 Å². The Bertz CT molecular complexity index is 3800. The third-order valence-corrected chi connectivity index (χ3v) is 13.5. The highest BCUT2D eigenvalue weighted by Gasteiger charge is 2.26. The minimum Gasteiger partial charge on any atom is -0.456 e. The summed E-state index contributed by atoms with van der Waals surface area (Å²) in [5.74, 6) is 0. The fourth-order valence-corrected chi connectivity index (χ4v) is 10.8. The monoisotopic (exact) mass is 792 g/mol. The summed E-state index contributed by atoms with van der Waals surface area (Å²) in [5.41, 5.74) is 12.6. The molecule has 2 aromatic heterocycles. The minimum atomic E-state index is 0.895. The van der Waals surface area contributed by atoms with Gasteiger partial charge in [-0.15, -0.1) is 0 Å². The lowest BCUT2D eigenvalue weighted by atomic mass is 9.88. The molecule has 290 valence electrons. The van der Waals surface area contributed by atoms with Crippen molar-refractivity contribution in [3.05, 3.63) is 193 Å². The molecule has 2 heterocycles. The lowest BCUT2D eigenvalue weighted by Gasteiger charge is -2.30. The molecule has 0 bridgehead atoms. The van der Waals surface area contributed by atoms with E-state index in [0.717, 1.165) is 67.2 Å². The van der Waals surface area contributed by atoms with Gasteiger partial charge in [0.15, 0.2) is 0 Å². The Labute approximate surface area is 356 Å². The summed E-state index contributed by atoms with van der Waals surface area (Å²) in [5, 5.41) is 16.9. The summed E-state index contributed by atoms with van der Waals surface area (Å²) in [4.78, 5) is 4.84. The maximum Gasteiger partial charge on any atom is 0.138 e. The van der Waals surface area contributed by atoms with Crippen LogP contribution in [0.1, 0.15) is 11.1 Å². The SMILES string of the molecule is Cc1cc(N(c2ccccc2)c2cc3ccc4cccc5oc(c2)c3c45)c2ccc3c(C)cc(N(c4ccccc4)c4cc5ccc6cccc7oc(c4)c5c67)c4ccc1c2c34. The van der Waals surface area contributed by atoms with E-state index < -0.39 is 0 Å². The van der Waals surface area contributed by atoms with E-state index in [9.17, 15) is 0 Å². The standard InChI is InChI=1S/C58H36N2O2/c1-33-27-47(59(39-13-5-3-6-14-39)41-29-37-21-19-35-11-9-17-49-53(35)55(37)51(31-41)61-49)45-26-24-44-34(2)28-48(46-25-23-43(33)57(45)58(44)46)60(40-15-7-4-8-16-40)42-30-38-22-20-36-12-10-18-50-54(36)56(38)52(32-42)62-50/h3-32H,1-2H3. The zero-order valence-corrected chi connectivity index (χ0v) is 34.0. The number of para-hydroxylation sites is 2. The van der Waals surface area contributed by atoms with E-state index in [1.165, 1.54) is 75.8 Å². The topological polar surface area (TPSA) is 32.8 Å². The van der Waals surface area contributed by atoms with Gasteiger partial charge in [0.2, 0.25) is 0 Å². The van der Waals surface area contributed by atoms with Gasteiger partial charge in [0, 0.05) is 55.8 Å².